The summed E-state index contributed by atoms with van der Waals surface area (Å²) in [5.41, 5.74) is 0. The third kappa shape index (κ3) is 3.13. The normalized spacial score (nSPS) is 22.1. The van der Waals surface area contributed by atoms with Crippen molar-refractivity contribution in [1.82, 2.24) is 4.31 Å². The Morgan fingerprint density at radius 3 is 2.84 bits per heavy atom. The first kappa shape index (κ1) is 14.4. The van der Waals surface area contributed by atoms with Gasteiger partial charge in [0.15, 0.2) is 0 Å². The van der Waals surface area contributed by atoms with E-state index in [1.54, 1.807) is 0 Å². The van der Waals surface area contributed by atoms with Gasteiger partial charge in [0, 0.05) is 19.7 Å². The van der Waals surface area contributed by atoms with E-state index in [1.807, 2.05) is 6.92 Å². The predicted octanol–water partition coefficient (Wildman–Crippen LogP) is 2.02. The third-order valence-electron chi connectivity index (χ3n) is 3.22. The molecule has 4 nitrogen and oxygen atoms in total. The van der Waals surface area contributed by atoms with E-state index in [0.29, 0.717) is 19.6 Å². The standard InChI is InChI=1S/C13H18FNO3S/c1-2-11-10-15(8-5-9-18-11)19(16,17)13-7-4-3-6-12(13)14/h3-4,6-7,11H,2,5,8-10H2,1H3. The molecule has 0 amide bonds. The molecule has 19 heavy (non-hydrogen) atoms. The van der Waals surface area contributed by atoms with Gasteiger partial charge in [0.05, 0.1) is 6.10 Å². The van der Waals surface area contributed by atoms with Gasteiger partial charge in [-0.25, -0.2) is 12.8 Å². The number of rotatable bonds is 3. The Balaban J connectivity index is 2.30. The molecule has 0 aromatic heterocycles. The molecule has 0 radical (unpaired) electrons. The van der Waals surface area contributed by atoms with E-state index in [1.165, 1.54) is 28.6 Å². The highest BCUT2D eigenvalue weighted by Crippen LogP contribution is 2.21. The summed E-state index contributed by atoms with van der Waals surface area (Å²) in [4.78, 5) is -0.258. The van der Waals surface area contributed by atoms with Crippen molar-refractivity contribution in [2.45, 2.75) is 30.8 Å². The van der Waals surface area contributed by atoms with Gasteiger partial charge in [0.25, 0.3) is 0 Å². The molecule has 0 spiro atoms. The van der Waals surface area contributed by atoms with Crippen LogP contribution in [-0.2, 0) is 14.8 Å². The largest absolute Gasteiger partial charge is 0.377 e. The molecule has 0 aliphatic carbocycles. The smallest absolute Gasteiger partial charge is 0.246 e. The number of halogens is 1. The minimum absolute atomic E-state index is 0.121. The number of ether oxygens (including phenoxy) is 1. The van der Waals surface area contributed by atoms with Crippen LogP contribution in [0, 0.1) is 5.82 Å². The molecule has 1 saturated heterocycles. The van der Waals surface area contributed by atoms with E-state index < -0.39 is 15.8 Å². The Hall–Kier alpha value is -0.980. The van der Waals surface area contributed by atoms with Gasteiger partial charge in [-0.2, -0.15) is 4.31 Å². The highest BCUT2D eigenvalue weighted by molar-refractivity contribution is 7.89. The number of sulfonamides is 1. The molecule has 1 heterocycles. The van der Waals surface area contributed by atoms with Gasteiger partial charge in [0.2, 0.25) is 10.0 Å². The van der Waals surface area contributed by atoms with E-state index >= 15 is 0 Å². The zero-order chi connectivity index (χ0) is 13.9. The van der Waals surface area contributed by atoms with Gasteiger partial charge in [-0.15, -0.1) is 0 Å². The van der Waals surface area contributed by atoms with Crippen LogP contribution in [0.15, 0.2) is 29.2 Å². The van der Waals surface area contributed by atoms with Gasteiger partial charge in [-0.05, 0) is 25.0 Å². The van der Waals surface area contributed by atoms with Gasteiger partial charge < -0.3 is 4.74 Å². The Kier molecular flexibility index (Phi) is 4.54. The highest BCUT2D eigenvalue weighted by atomic mass is 32.2. The van der Waals surface area contributed by atoms with Crippen LogP contribution in [0.2, 0.25) is 0 Å². The van der Waals surface area contributed by atoms with Crippen molar-refractivity contribution >= 4 is 10.0 Å². The minimum atomic E-state index is -3.78. The Labute approximate surface area is 113 Å². The maximum Gasteiger partial charge on any atom is 0.246 e. The summed E-state index contributed by atoms with van der Waals surface area (Å²) in [6.07, 6.45) is 1.25. The molecule has 1 unspecified atom stereocenters. The highest BCUT2D eigenvalue weighted by Gasteiger charge is 2.30. The van der Waals surface area contributed by atoms with Gasteiger partial charge >= 0.3 is 0 Å². The summed E-state index contributed by atoms with van der Waals surface area (Å²) in [5.74, 6) is -0.708. The number of nitrogens with zero attached hydrogens (tertiary/aromatic N) is 1. The first-order valence-corrected chi connectivity index (χ1v) is 7.86. The summed E-state index contributed by atoms with van der Waals surface area (Å²) >= 11 is 0. The molecule has 0 bridgehead atoms. The number of hydrogen-bond donors (Lipinski definition) is 0. The number of benzene rings is 1. The molecule has 106 valence electrons. The van der Waals surface area contributed by atoms with Crippen molar-refractivity contribution in [3.63, 3.8) is 0 Å². The van der Waals surface area contributed by atoms with Crippen LogP contribution >= 0.6 is 0 Å². The molecule has 0 saturated carbocycles. The van der Waals surface area contributed by atoms with E-state index in [0.717, 1.165) is 6.42 Å². The van der Waals surface area contributed by atoms with Crippen molar-refractivity contribution in [3.8, 4) is 0 Å². The van der Waals surface area contributed by atoms with Crippen molar-refractivity contribution < 1.29 is 17.5 Å². The van der Waals surface area contributed by atoms with Crippen LogP contribution in [0.1, 0.15) is 19.8 Å². The van der Waals surface area contributed by atoms with Gasteiger partial charge in [-0.1, -0.05) is 19.1 Å². The van der Waals surface area contributed by atoms with Gasteiger partial charge in [-0.3, -0.25) is 0 Å². The first-order chi connectivity index (χ1) is 9.05. The van der Waals surface area contributed by atoms with Crippen molar-refractivity contribution in [3.05, 3.63) is 30.1 Å². The molecular weight excluding hydrogens is 269 g/mol. The predicted molar refractivity (Wildman–Crippen MR) is 69.8 cm³/mol. The molecule has 1 aromatic carbocycles. The average Bonchev–Trinajstić information content (AvgIpc) is 2.64. The summed E-state index contributed by atoms with van der Waals surface area (Å²) < 4.78 is 45.5. The van der Waals surface area contributed by atoms with Crippen molar-refractivity contribution in [1.29, 1.82) is 0 Å². The molecule has 6 heteroatoms. The van der Waals surface area contributed by atoms with Crippen molar-refractivity contribution in [2.75, 3.05) is 19.7 Å². The number of hydrogen-bond acceptors (Lipinski definition) is 3. The maximum atomic E-state index is 13.7. The Morgan fingerprint density at radius 1 is 1.42 bits per heavy atom. The lowest BCUT2D eigenvalue weighted by atomic mass is 10.3. The summed E-state index contributed by atoms with van der Waals surface area (Å²) in [5, 5.41) is 0. The maximum absolute atomic E-state index is 13.7. The van der Waals surface area contributed by atoms with Crippen LogP contribution in [-0.4, -0.2) is 38.5 Å². The lowest BCUT2D eigenvalue weighted by Gasteiger charge is -2.22. The zero-order valence-corrected chi connectivity index (χ0v) is 11.7. The third-order valence-corrected chi connectivity index (χ3v) is 5.12. The summed E-state index contributed by atoms with van der Waals surface area (Å²) in [7, 11) is -3.78. The summed E-state index contributed by atoms with van der Waals surface area (Å²) in [6, 6.07) is 5.48. The van der Waals surface area contributed by atoms with E-state index in [9.17, 15) is 12.8 Å². The molecule has 1 aliphatic rings. The molecule has 1 aliphatic heterocycles. The van der Waals surface area contributed by atoms with Crippen LogP contribution in [0.25, 0.3) is 0 Å². The average molecular weight is 287 g/mol. The van der Waals surface area contributed by atoms with E-state index in [2.05, 4.69) is 0 Å². The van der Waals surface area contributed by atoms with E-state index in [4.69, 9.17) is 4.74 Å². The van der Waals surface area contributed by atoms with Crippen LogP contribution < -0.4 is 0 Å². The summed E-state index contributed by atoms with van der Waals surface area (Å²) in [6.45, 7) is 3.14. The SMILES string of the molecule is CCC1CN(S(=O)(=O)c2ccccc2F)CCCO1. The molecule has 1 aromatic rings. The van der Waals surface area contributed by atoms with Crippen LogP contribution in [0.5, 0.6) is 0 Å². The lowest BCUT2D eigenvalue weighted by Crippen LogP contribution is -2.37. The molecular formula is C13H18FNO3S. The quantitative estimate of drug-likeness (QED) is 0.854. The fraction of sp³-hybridized carbons (Fsp3) is 0.538. The van der Waals surface area contributed by atoms with E-state index in [-0.39, 0.29) is 17.5 Å². The second kappa shape index (κ2) is 5.98. The Bertz CT molecular complexity index is 532. The monoisotopic (exact) mass is 287 g/mol. The second-order valence-electron chi connectivity index (χ2n) is 4.55. The van der Waals surface area contributed by atoms with Gasteiger partial charge in [0.1, 0.15) is 10.7 Å². The van der Waals surface area contributed by atoms with Crippen molar-refractivity contribution in [2.24, 2.45) is 0 Å². The van der Waals surface area contributed by atoms with Crippen LogP contribution in [0.3, 0.4) is 0 Å². The first-order valence-electron chi connectivity index (χ1n) is 6.42. The lowest BCUT2D eigenvalue weighted by molar-refractivity contribution is 0.0592. The topological polar surface area (TPSA) is 46.6 Å². The fourth-order valence-electron chi connectivity index (χ4n) is 2.12. The Morgan fingerprint density at radius 2 is 2.16 bits per heavy atom. The zero-order valence-electron chi connectivity index (χ0n) is 10.9. The van der Waals surface area contributed by atoms with Crippen LogP contribution in [0.4, 0.5) is 4.39 Å². The molecule has 2 rings (SSSR count). The molecule has 1 atom stereocenters. The second-order valence-corrected chi connectivity index (χ2v) is 6.45. The fourth-order valence-corrected chi connectivity index (χ4v) is 3.70. The molecule has 0 N–H and O–H groups in total. The molecule has 1 fully saturated rings. The minimum Gasteiger partial charge on any atom is -0.377 e.